The third kappa shape index (κ3) is 7.81. The molecule has 2 N–H and O–H groups in total. The van der Waals surface area contributed by atoms with Crippen molar-refractivity contribution in [2.24, 2.45) is 5.92 Å². The third-order valence-corrected chi connectivity index (χ3v) is 10.2. The molecule has 264 valence electrons. The van der Waals surface area contributed by atoms with Crippen molar-refractivity contribution in [3.8, 4) is 11.1 Å². The van der Waals surface area contributed by atoms with Crippen molar-refractivity contribution in [1.82, 2.24) is 20.2 Å². The first kappa shape index (κ1) is 35.2. The van der Waals surface area contributed by atoms with Crippen molar-refractivity contribution in [1.29, 1.82) is 0 Å². The molecular weight excluding hydrogens is 649 g/mol. The van der Waals surface area contributed by atoms with Gasteiger partial charge in [-0.15, -0.1) is 0 Å². The van der Waals surface area contributed by atoms with Crippen LogP contribution < -0.4 is 5.32 Å². The van der Waals surface area contributed by atoms with E-state index in [0.29, 0.717) is 12.1 Å². The number of rotatable bonds is 11. The number of hydrogen-bond acceptors (Lipinski definition) is 7. The standard InChI is InChI=1S/C44H44N4O4/c1-29-41(27-48(3)30(2)32-11-5-4-6-12-32)51-44(52-42(29)34-19-17-31(28-49)18-20-34)35-23-21-33(22-24-35)37-14-8-7-13-36(37)25-46-43(50)40-26-45-38-15-9-10-16-39(38)47-40/h4-24,26,29-30,41-42,44,49H,25,27-28H2,1-3H3,(H,46,50). The summed E-state index contributed by atoms with van der Waals surface area (Å²) in [5.41, 5.74) is 8.85. The molecule has 0 saturated carbocycles. The zero-order valence-corrected chi connectivity index (χ0v) is 29.7. The van der Waals surface area contributed by atoms with Gasteiger partial charge in [-0.3, -0.25) is 14.7 Å². The zero-order chi connectivity index (χ0) is 36.0. The molecule has 1 aliphatic heterocycles. The Balaban J connectivity index is 1.09. The first-order chi connectivity index (χ1) is 25.4. The van der Waals surface area contributed by atoms with Crippen molar-refractivity contribution in [3.63, 3.8) is 0 Å². The molecule has 1 aromatic heterocycles. The highest BCUT2D eigenvalue weighted by Gasteiger charge is 2.39. The molecule has 5 atom stereocenters. The van der Waals surface area contributed by atoms with Gasteiger partial charge >= 0.3 is 0 Å². The lowest BCUT2D eigenvalue weighted by molar-refractivity contribution is -0.276. The molecule has 8 heteroatoms. The summed E-state index contributed by atoms with van der Waals surface area (Å²) < 4.78 is 13.5. The number of amides is 1. The second-order valence-corrected chi connectivity index (χ2v) is 13.6. The minimum atomic E-state index is -0.573. The summed E-state index contributed by atoms with van der Waals surface area (Å²) in [6.07, 6.45) is 0.636. The Morgan fingerprint density at radius 3 is 2.25 bits per heavy atom. The van der Waals surface area contributed by atoms with Gasteiger partial charge in [0.15, 0.2) is 6.29 Å². The van der Waals surface area contributed by atoms with Crippen LogP contribution in [0.1, 0.15) is 70.6 Å². The van der Waals surface area contributed by atoms with Crippen molar-refractivity contribution < 1.29 is 19.4 Å². The van der Waals surface area contributed by atoms with Crippen LogP contribution in [0.2, 0.25) is 0 Å². The van der Waals surface area contributed by atoms with E-state index in [1.807, 2.05) is 72.8 Å². The van der Waals surface area contributed by atoms with Crippen molar-refractivity contribution in [2.75, 3.05) is 13.6 Å². The van der Waals surface area contributed by atoms with Crippen LogP contribution in [0.25, 0.3) is 22.2 Å². The molecule has 0 spiro atoms. The Kier molecular flexibility index (Phi) is 10.8. The fourth-order valence-corrected chi connectivity index (χ4v) is 6.86. The fourth-order valence-electron chi connectivity index (χ4n) is 6.86. The molecule has 7 rings (SSSR count). The lowest BCUT2D eigenvalue weighted by Gasteiger charge is -2.43. The molecule has 1 saturated heterocycles. The van der Waals surface area contributed by atoms with Gasteiger partial charge in [0.2, 0.25) is 0 Å². The van der Waals surface area contributed by atoms with Crippen LogP contribution in [-0.2, 0) is 22.6 Å². The van der Waals surface area contributed by atoms with Crippen LogP contribution in [0, 0.1) is 5.92 Å². The summed E-state index contributed by atoms with van der Waals surface area (Å²) in [4.78, 5) is 24.3. The molecule has 5 aromatic carbocycles. The summed E-state index contributed by atoms with van der Waals surface area (Å²) in [6.45, 7) is 5.48. The van der Waals surface area contributed by atoms with E-state index < -0.39 is 6.29 Å². The van der Waals surface area contributed by atoms with Crippen LogP contribution in [0.5, 0.6) is 0 Å². The van der Waals surface area contributed by atoms with Crippen molar-refractivity contribution in [3.05, 3.63) is 167 Å². The topological polar surface area (TPSA) is 96.8 Å². The Morgan fingerprint density at radius 2 is 1.50 bits per heavy atom. The van der Waals surface area contributed by atoms with E-state index in [1.165, 1.54) is 11.8 Å². The van der Waals surface area contributed by atoms with E-state index in [9.17, 15) is 9.90 Å². The van der Waals surface area contributed by atoms with Gasteiger partial charge in [-0.25, -0.2) is 4.98 Å². The molecule has 0 radical (unpaired) electrons. The highest BCUT2D eigenvalue weighted by molar-refractivity contribution is 5.93. The Hall–Kier alpha value is -5.25. The van der Waals surface area contributed by atoms with Crippen LogP contribution >= 0.6 is 0 Å². The average Bonchev–Trinajstić information content (AvgIpc) is 3.20. The smallest absolute Gasteiger partial charge is 0.271 e. The molecular formula is C44H44N4O4. The molecule has 2 heterocycles. The van der Waals surface area contributed by atoms with Gasteiger partial charge < -0.3 is 19.9 Å². The maximum atomic E-state index is 13.1. The highest BCUT2D eigenvalue weighted by atomic mass is 16.7. The number of aliphatic hydroxyl groups excluding tert-OH is 1. The van der Waals surface area contributed by atoms with E-state index in [1.54, 1.807) is 0 Å². The molecule has 0 aliphatic carbocycles. The predicted molar refractivity (Wildman–Crippen MR) is 203 cm³/mol. The normalized spacial score (nSPS) is 19.4. The number of nitrogens with one attached hydrogen (secondary N) is 1. The van der Waals surface area contributed by atoms with E-state index in [4.69, 9.17) is 9.47 Å². The van der Waals surface area contributed by atoms with Gasteiger partial charge in [0.05, 0.1) is 36.0 Å². The Labute approximate surface area is 305 Å². The van der Waals surface area contributed by atoms with Crippen LogP contribution in [0.4, 0.5) is 0 Å². The second-order valence-electron chi connectivity index (χ2n) is 13.6. The van der Waals surface area contributed by atoms with E-state index >= 15 is 0 Å². The van der Waals surface area contributed by atoms with Crippen molar-refractivity contribution >= 4 is 16.9 Å². The number of nitrogens with zero attached hydrogens (tertiary/aromatic N) is 3. The molecule has 0 bridgehead atoms. The molecule has 1 fully saturated rings. The maximum absolute atomic E-state index is 13.1. The summed E-state index contributed by atoms with van der Waals surface area (Å²) in [7, 11) is 2.15. The highest BCUT2D eigenvalue weighted by Crippen LogP contribution is 2.42. The summed E-state index contributed by atoms with van der Waals surface area (Å²) in [6, 6.07) is 42.6. The van der Waals surface area contributed by atoms with Crippen LogP contribution in [-0.4, -0.2) is 45.6 Å². The molecule has 5 unspecified atom stereocenters. The fraction of sp³-hybridized carbons (Fsp3) is 0.250. The Bertz CT molecular complexity index is 2110. The monoisotopic (exact) mass is 692 g/mol. The number of aliphatic hydroxyl groups is 1. The first-order valence-electron chi connectivity index (χ1n) is 17.8. The van der Waals surface area contributed by atoms with E-state index in [-0.39, 0.29) is 42.4 Å². The quantitative estimate of drug-likeness (QED) is 0.141. The molecule has 52 heavy (non-hydrogen) atoms. The number of likely N-dealkylation sites (N-methyl/N-ethyl adjacent to an activating group) is 1. The van der Waals surface area contributed by atoms with E-state index in [0.717, 1.165) is 45.4 Å². The molecule has 6 aromatic rings. The van der Waals surface area contributed by atoms with Gasteiger partial charge in [-0.1, -0.05) is 122 Å². The number of carbonyl (C=O) groups is 1. The van der Waals surface area contributed by atoms with Gasteiger partial charge in [-0.2, -0.15) is 0 Å². The number of ether oxygens (including phenoxy) is 2. The minimum absolute atomic E-state index is 0.00112. The summed E-state index contributed by atoms with van der Waals surface area (Å²) in [5, 5.41) is 12.7. The lowest BCUT2D eigenvalue weighted by atomic mass is 9.89. The van der Waals surface area contributed by atoms with Crippen LogP contribution in [0.15, 0.2) is 134 Å². The van der Waals surface area contributed by atoms with Gasteiger partial charge in [0, 0.05) is 30.6 Å². The summed E-state index contributed by atoms with van der Waals surface area (Å²) >= 11 is 0. The second kappa shape index (κ2) is 16.0. The number of aromatic nitrogens is 2. The summed E-state index contributed by atoms with van der Waals surface area (Å²) in [5.74, 6) is -0.202. The number of benzene rings is 5. The van der Waals surface area contributed by atoms with Crippen molar-refractivity contribution in [2.45, 2.75) is 51.5 Å². The lowest BCUT2D eigenvalue weighted by Crippen LogP contribution is -2.44. The number of hydrogen-bond donors (Lipinski definition) is 2. The molecule has 1 aliphatic rings. The SMILES string of the molecule is CC1C(CN(C)C(C)c2ccccc2)OC(c2ccc(-c3ccccc3CNC(=O)c3cnc4ccccc4n3)cc2)OC1c1ccc(CO)cc1. The van der Waals surface area contributed by atoms with Crippen LogP contribution in [0.3, 0.4) is 0 Å². The Morgan fingerprint density at radius 1 is 0.827 bits per heavy atom. The zero-order valence-electron chi connectivity index (χ0n) is 29.7. The number of para-hydroxylation sites is 2. The maximum Gasteiger partial charge on any atom is 0.271 e. The van der Waals surface area contributed by atoms with Gasteiger partial charge in [-0.05, 0) is 59.5 Å². The largest absolute Gasteiger partial charge is 0.392 e. The minimum Gasteiger partial charge on any atom is -0.392 e. The van der Waals surface area contributed by atoms with Gasteiger partial charge in [0.25, 0.3) is 5.91 Å². The number of fused-ring (bicyclic) bond motifs is 1. The first-order valence-corrected chi connectivity index (χ1v) is 17.8. The molecule has 8 nitrogen and oxygen atoms in total. The number of carbonyl (C=O) groups excluding carboxylic acids is 1. The van der Waals surface area contributed by atoms with Gasteiger partial charge in [0.1, 0.15) is 5.69 Å². The molecule has 1 amide bonds. The third-order valence-electron chi connectivity index (χ3n) is 10.2. The van der Waals surface area contributed by atoms with E-state index in [2.05, 4.69) is 95.7 Å². The predicted octanol–water partition coefficient (Wildman–Crippen LogP) is 8.20. The average molecular weight is 693 g/mol.